The lowest BCUT2D eigenvalue weighted by Gasteiger charge is -2.32. The third-order valence-electron chi connectivity index (χ3n) is 3.97. The van der Waals surface area contributed by atoms with E-state index >= 15 is 0 Å². The van der Waals surface area contributed by atoms with Crippen LogP contribution in [0.5, 0.6) is 0 Å². The monoisotopic (exact) mass is 232 g/mol. The van der Waals surface area contributed by atoms with Crippen molar-refractivity contribution in [3.05, 3.63) is 0 Å². The minimum atomic E-state index is 0. The molecule has 2 aliphatic carbocycles. The first kappa shape index (κ1) is 14.8. The molecular weight excluding hydrogens is 207 g/mol. The first-order chi connectivity index (χ1) is 5.97. The molecule has 0 amide bonds. The summed E-state index contributed by atoms with van der Waals surface area (Å²) >= 11 is 0. The Hall–Kier alpha value is 0.822. The van der Waals surface area contributed by atoms with Crippen molar-refractivity contribution in [2.45, 2.75) is 64.2 Å². The highest BCUT2D eigenvalue weighted by Gasteiger charge is 2.24. The van der Waals surface area contributed by atoms with Gasteiger partial charge in [-0.05, 0) is 11.8 Å². The molecule has 0 radical (unpaired) electrons. The van der Waals surface area contributed by atoms with Crippen molar-refractivity contribution in [2.24, 2.45) is 11.8 Å². The normalized spacial score (nSPS) is 24.9. The molecule has 0 heterocycles. The topological polar surface area (TPSA) is 0 Å². The fraction of sp³-hybridized carbons (Fsp3) is 1.00. The van der Waals surface area contributed by atoms with E-state index in [9.17, 15) is 0 Å². The second kappa shape index (κ2) is 8.03. The van der Waals surface area contributed by atoms with E-state index in [4.69, 9.17) is 0 Å². The summed E-state index contributed by atoms with van der Waals surface area (Å²) in [6.07, 6.45) is 15.4. The van der Waals surface area contributed by atoms with E-state index in [1.165, 1.54) is 38.5 Å². The lowest BCUT2D eigenvalue weighted by atomic mass is 9.73. The Bertz CT molecular complexity index is 110. The molecule has 0 bridgehead atoms. The summed E-state index contributed by atoms with van der Waals surface area (Å²) in [5, 5.41) is 0. The standard InChI is InChI=1S/C12H22.Al.ClH.3H/c1-3-7-11(8-4-1)12-9-5-2-6-10-12;;;;;/h11-12H,1-10H2;;1H;;;. The highest BCUT2D eigenvalue weighted by molar-refractivity contribution is 5.85. The second-order valence-corrected chi connectivity index (χ2v) is 4.80. The molecule has 0 saturated heterocycles. The van der Waals surface area contributed by atoms with Gasteiger partial charge in [0.15, 0.2) is 17.4 Å². The van der Waals surface area contributed by atoms with Crippen LogP contribution in [0.15, 0.2) is 0 Å². The number of rotatable bonds is 1. The first-order valence-corrected chi connectivity index (χ1v) is 5.97. The largest absolute Gasteiger partial charge is 0.187 e. The average molecular weight is 233 g/mol. The molecule has 84 valence electrons. The predicted molar refractivity (Wildman–Crippen MR) is 70.3 cm³/mol. The van der Waals surface area contributed by atoms with Crippen LogP contribution < -0.4 is 0 Å². The van der Waals surface area contributed by atoms with Gasteiger partial charge in [0, 0.05) is 0 Å². The molecule has 0 aromatic carbocycles. The average Bonchev–Trinajstić information content (AvgIpc) is 2.21. The van der Waals surface area contributed by atoms with E-state index in [2.05, 4.69) is 0 Å². The van der Waals surface area contributed by atoms with Gasteiger partial charge in [0.25, 0.3) is 0 Å². The van der Waals surface area contributed by atoms with Crippen molar-refractivity contribution in [1.29, 1.82) is 0 Å². The molecule has 0 aromatic rings. The van der Waals surface area contributed by atoms with E-state index in [1.807, 2.05) is 0 Å². The second-order valence-electron chi connectivity index (χ2n) is 4.80. The summed E-state index contributed by atoms with van der Waals surface area (Å²) in [6.45, 7) is 0. The highest BCUT2D eigenvalue weighted by Crippen LogP contribution is 2.37. The van der Waals surface area contributed by atoms with E-state index < -0.39 is 0 Å². The molecule has 0 N–H and O–H groups in total. The molecule has 14 heavy (non-hydrogen) atoms. The van der Waals surface area contributed by atoms with Crippen LogP contribution in [0.4, 0.5) is 0 Å². The molecule has 0 unspecified atom stereocenters. The number of hydrogen-bond acceptors (Lipinski definition) is 0. The maximum Gasteiger partial charge on any atom is 0.187 e. The van der Waals surface area contributed by atoms with E-state index in [-0.39, 0.29) is 29.8 Å². The quantitative estimate of drug-likeness (QED) is 0.608. The van der Waals surface area contributed by atoms with Crippen LogP contribution in [0.25, 0.3) is 0 Å². The summed E-state index contributed by atoms with van der Waals surface area (Å²) in [5.41, 5.74) is 0. The van der Waals surface area contributed by atoms with Gasteiger partial charge in [0.2, 0.25) is 0 Å². The van der Waals surface area contributed by atoms with Gasteiger partial charge in [-0.25, -0.2) is 0 Å². The molecule has 2 rings (SSSR count). The van der Waals surface area contributed by atoms with Crippen molar-refractivity contribution in [3.8, 4) is 0 Å². The summed E-state index contributed by atoms with van der Waals surface area (Å²) in [5.74, 6) is 2.28. The van der Waals surface area contributed by atoms with Crippen LogP contribution in [0.3, 0.4) is 0 Å². The zero-order valence-corrected chi connectivity index (χ0v) is 9.45. The minimum Gasteiger partial charge on any atom is -0.147 e. The van der Waals surface area contributed by atoms with Gasteiger partial charge < -0.3 is 0 Å². The first-order valence-electron chi connectivity index (χ1n) is 5.97. The van der Waals surface area contributed by atoms with Gasteiger partial charge in [-0.15, -0.1) is 12.4 Å². The summed E-state index contributed by atoms with van der Waals surface area (Å²) in [4.78, 5) is 0. The molecule has 2 saturated carbocycles. The van der Waals surface area contributed by atoms with Crippen molar-refractivity contribution in [3.63, 3.8) is 0 Å². The predicted octanol–water partition coefficient (Wildman–Crippen LogP) is 3.38. The molecule has 0 aliphatic heterocycles. The molecule has 0 nitrogen and oxygen atoms in total. The summed E-state index contributed by atoms with van der Waals surface area (Å²) in [7, 11) is 0. The Morgan fingerprint density at radius 3 is 1.07 bits per heavy atom. The third kappa shape index (κ3) is 4.13. The van der Waals surface area contributed by atoms with Crippen molar-refractivity contribution in [1.82, 2.24) is 0 Å². The summed E-state index contributed by atoms with van der Waals surface area (Å²) < 4.78 is 0. The molecule has 0 atom stereocenters. The van der Waals surface area contributed by atoms with Crippen LogP contribution in [-0.4, -0.2) is 17.4 Å². The molecule has 2 heteroatoms. The van der Waals surface area contributed by atoms with E-state index in [0.717, 1.165) is 11.8 Å². The van der Waals surface area contributed by atoms with Gasteiger partial charge in [0.1, 0.15) is 0 Å². The lowest BCUT2D eigenvalue weighted by molar-refractivity contribution is 0.196. The third-order valence-corrected chi connectivity index (χ3v) is 3.97. The van der Waals surface area contributed by atoms with Crippen LogP contribution >= 0.6 is 12.4 Å². The maximum atomic E-state index is 1.56. The van der Waals surface area contributed by atoms with Gasteiger partial charge in [0.05, 0.1) is 0 Å². The zero-order valence-electron chi connectivity index (χ0n) is 8.63. The fourth-order valence-corrected chi connectivity index (χ4v) is 3.21. The molecule has 2 fully saturated rings. The molecule has 0 spiro atoms. The molecular formula is C12H26AlCl. The Morgan fingerprint density at radius 2 is 0.786 bits per heavy atom. The van der Waals surface area contributed by atoms with E-state index in [1.54, 1.807) is 25.7 Å². The molecule has 0 aromatic heterocycles. The van der Waals surface area contributed by atoms with Crippen LogP contribution in [0, 0.1) is 11.8 Å². The van der Waals surface area contributed by atoms with Crippen molar-refractivity contribution >= 4 is 29.8 Å². The molecule has 2 aliphatic rings. The smallest absolute Gasteiger partial charge is 0.147 e. The Morgan fingerprint density at radius 1 is 0.500 bits per heavy atom. The van der Waals surface area contributed by atoms with Gasteiger partial charge in [-0.1, -0.05) is 64.2 Å². The fourth-order valence-electron chi connectivity index (χ4n) is 3.21. The van der Waals surface area contributed by atoms with Crippen LogP contribution in [0.1, 0.15) is 64.2 Å². The van der Waals surface area contributed by atoms with Gasteiger partial charge in [-0.2, -0.15) is 0 Å². The Labute approximate surface area is 106 Å². The van der Waals surface area contributed by atoms with Crippen molar-refractivity contribution in [2.75, 3.05) is 0 Å². The van der Waals surface area contributed by atoms with Gasteiger partial charge in [-0.3, -0.25) is 0 Å². The maximum absolute atomic E-state index is 1.56. The summed E-state index contributed by atoms with van der Waals surface area (Å²) in [6, 6.07) is 0. The Kier molecular flexibility index (Phi) is 8.50. The highest BCUT2D eigenvalue weighted by atomic mass is 35.5. The van der Waals surface area contributed by atoms with Crippen molar-refractivity contribution < 1.29 is 0 Å². The Balaban J connectivity index is 0.000000845. The lowest BCUT2D eigenvalue weighted by Crippen LogP contribution is -2.20. The minimum absolute atomic E-state index is 0. The SMILES string of the molecule is C1CCC(C2CCCCC2)CC1.Cl.[AlH3]. The zero-order chi connectivity index (χ0) is 8.23. The van der Waals surface area contributed by atoms with Crippen LogP contribution in [-0.2, 0) is 0 Å². The number of hydrogen-bond donors (Lipinski definition) is 0. The van der Waals surface area contributed by atoms with Crippen LogP contribution in [0.2, 0.25) is 0 Å². The van der Waals surface area contributed by atoms with Gasteiger partial charge >= 0.3 is 0 Å². The number of halogens is 1. The van der Waals surface area contributed by atoms with E-state index in [0.29, 0.717) is 0 Å².